The number of Topliss-reactive ketones (excluding diaryl/α,β-unsaturated/α-hetero) is 1. The zero-order valence-electron chi connectivity index (χ0n) is 18.4. The van der Waals surface area contributed by atoms with Crippen molar-refractivity contribution in [3.63, 3.8) is 0 Å². The molecule has 0 fully saturated rings. The summed E-state index contributed by atoms with van der Waals surface area (Å²) in [6.07, 6.45) is 3.78. The zero-order valence-corrected chi connectivity index (χ0v) is 20.0. The molecule has 0 aliphatic carbocycles. The molecule has 0 bridgehead atoms. The molecule has 2 atom stereocenters. The maximum atomic E-state index is 13.2. The van der Waals surface area contributed by atoms with Crippen LogP contribution in [0.4, 0.5) is 0 Å². The first-order chi connectivity index (χ1) is 14.5. The summed E-state index contributed by atoms with van der Waals surface area (Å²) in [6, 6.07) is 3.61. The summed E-state index contributed by atoms with van der Waals surface area (Å²) in [5.74, 6) is -2.53. The van der Waals surface area contributed by atoms with Gasteiger partial charge >= 0.3 is 5.97 Å². The molecule has 2 aromatic rings. The molecule has 0 amide bonds. The first-order valence-corrected chi connectivity index (χ1v) is 12.8. The number of rotatable bonds is 11. The Bertz CT molecular complexity index is 952. The first-order valence-electron chi connectivity index (χ1n) is 10.2. The average molecular weight is 467 g/mol. The monoisotopic (exact) mass is 466 g/mol. The van der Waals surface area contributed by atoms with E-state index in [0.29, 0.717) is 12.1 Å². The van der Waals surface area contributed by atoms with E-state index in [2.05, 4.69) is 9.97 Å². The van der Waals surface area contributed by atoms with Gasteiger partial charge in [0.1, 0.15) is 11.7 Å². The Morgan fingerprint density at radius 3 is 2.39 bits per heavy atom. The van der Waals surface area contributed by atoms with Crippen LogP contribution in [-0.2, 0) is 37.0 Å². The summed E-state index contributed by atoms with van der Waals surface area (Å²) in [6.45, 7) is 6.80. The van der Waals surface area contributed by atoms with E-state index >= 15 is 0 Å². The number of sulfone groups is 1. The van der Waals surface area contributed by atoms with Gasteiger partial charge in [-0.15, -0.1) is 11.3 Å². The number of hydrogen-bond acceptors (Lipinski definition) is 8. The number of esters is 1. The summed E-state index contributed by atoms with van der Waals surface area (Å²) in [5, 5.41) is 1.79. The molecule has 2 heterocycles. The zero-order chi connectivity index (χ0) is 23.1. The lowest BCUT2D eigenvalue weighted by molar-refractivity contribution is -0.151. The van der Waals surface area contributed by atoms with Crippen LogP contribution in [0.1, 0.15) is 45.4 Å². The molecule has 9 heteroatoms. The summed E-state index contributed by atoms with van der Waals surface area (Å²) < 4.78 is 29.9. The minimum Gasteiger partial charge on any atom is -0.465 e. The van der Waals surface area contributed by atoms with Crippen molar-refractivity contribution in [2.75, 3.05) is 12.4 Å². The molecule has 0 N–H and O–H groups in total. The van der Waals surface area contributed by atoms with Crippen molar-refractivity contribution < 1.29 is 22.7 Å². The largest absolute Gasteiger partial charge is 0.465 e. The minimum absolute atomic E-state index is 0.0365. The molecule has 170 valence electrons. The maximum absolute atomic E-state index is 13.2. The van der Waals surface area contributed by atoms with Gasteiger partial charge in [0.25, 0.3) is 0 Å². The molecule has 2 aromatic heterocycles. The Morgan fingerprint density at radius 2 is 1.84 bits per heavy atom. The molecule has 0 aliphatic heterocycles. The first kappa shape index (κ1) is 25.1. The number of pyridine rings is 1. The van der Waals surface area contributed by atoms with E-state index in [9.17, 15) is 18.0 Å². The van der Waals surface area contributed by atoms with Crippen LogP contribution in [0.2, 0.25) is 0 Å². The van der Waals surface area contributed by atoms with E-state index in [1.54, 1.807) is 63.1 Å². The molecule has 0 spiro atoms. The number of thiazole rings is 1. The number of carbonyl (C=O) groups is 2. The maximum Gasteiger partial charge on any atom is 0.316 e. The van der Waals surface area contributed by atoms with Crippen LogP contribution in [0, 0.1) is 11.8 Å². The van der Waals surface area contributed by atoms with Gasteiger partial charge in [-0.3, -0.25) is 14.6 Å². The number of aromatic nitrogens is 2. The molecule has 1 unspecified atom stereocenters. The van der Waals surface area contributed by atoms with Crippen LogP contribution in [-0.4, -0.2) is 47.2 Å². The van der Waals surface area contributed by atoms with Crippen molar-refractivity contribution in [2.45, 2.75) is 51.7 Å². The topological polar surface area (TPSA) is 103 Å². The summed E-state index contributed by atoms with van der Waals surface area (Å²) in [7, 11) is -3.46. The van der Waals surface area contributed by atoms with E-state index < -0.39 is 32.4 Å². The summed E-state index contributed by atoms with van der Waals surface area (Å²) in [4.78, 5) is 33.9. The predicted octanol–water partition coefficient (Wildman–Crippen LogP) is 3.29. The second-order valence-corrected chi connectivity index (χ2v) is 12.0. The van der Waals surface area contributed by atoms with Gasteiger partial charge in [-0.1, -0.05) is 0 Å². The van der Waals surface area contributed by atoms with Crippen molar-refractivity contribution in [1.82, 2.24) is 9.97 Å². The van der Waals surface area contributed by atoms with Gasteiger partial charge in [0.05, 0.1) is 28.3 Å². The van der Waals surface area contributed by atoms with Gasteiger partial charge in [0, 0.05) is 30.6 Å². The lowest BCUT2D eigenvalue weighted by Crippen LogP contribution is -2.36. The third-order valence-corrected chi connectivity index (χ3v) is 8.42. The molecule has 0 saturated heterocycles. The molecule has 0 saturated carbocycles. The van der Waals surface area contributed by atoms with Crippen molar-refractivity contribution in [3.05, 3.63) is 46.7 Å². The van der Waals surface area contributed by atoms with Crippen LogP contribution in [0.5, 0.6) is 0 Å². The molecule has 0 aliphatic rings. The molecule has 2 rings (SSSR count). The Labute approximate surface area is 188 Å². The highest BCUT2D eigenvalue weighted by Crippen LogP contribution is 2.25. The number of ketones is 1. The van der Waals surface area contributed by atoms with Crippen LogP contribution in [0.25, 0.3) is 0 Å². The fourth-order valence-corrected chi connectivity index (χ4v) is 5.08. The Morgan fingerprint density at radius 1 is 1.16 bits per heavy atom. The van der Waals surface area contributed by atoms with Gasteiger partial charge in [-0.25, -0.2) is 13.4 Å². The molecule has 0 radical (unpaired) electrons. The SMILES string of the molecule is CCOC(=O)C(Cc1cscn1)C(=O)C[C@H](Cc1ccncc1)CS(=O)(=O)C(C)(C)C. The van der Waals surface area contributed by atoms with Crippen LogP contribution >= 0.6 is 11.3 Å². The Kier molecular flexibility index (Phi) is 8.88. The van der Waals surface area contributed by atoms with E-state index in [4.69, 9.17) is 4.74 Å². The molecule has 0 aromatic carbocycles. The van der Waals surface area contributed by atoms with E-state index in [-0.39, 0.29) is 31.0 Å². The summed E-state index contributed by atoms with van der Waals surface area (Å²) >= 11 is 1.38. The van der Waals surface area contributed by atoms with E-state index in [1.807, 2.05) is 0 Å². The number of nitrogens with zero attached hydrogens (tertiary/aromatic N) is 2. The third kappa shape index (κ3) is 7.50. The third-order valence-electron chi connectivity index (χ3n) is 5.01. The van der Waals surface area contributed by atoms with Gasteiger partial charge in [0.2, 0.25) is 0 Å². The Balaban J connectivity index is 2.26. The second-order valence-electron chi connectivity index (χ2n) is 8.48. The van der Waals surface area contributed by atoms with Crippen LogP contribution < -0.4 is 0 Å². The average Bonchev–Trinajstić information content (AvgIpc) is 3.19. The summed E-state index contributed by atoms with van der Waals surface area (Å²) in [5.41, 5.74) is 3.18. The molecule has 31 heavy (non-hydrogen) atoms. The van der Waals surface area contributed by atoms with Crippen LogP contribution in [0.15, 0.2) is 35.4 Å². The van der Waals surface area contributed by atoms with E-state index in [0.717, 1.165) is 5.56 Å². The highest BCUT2D eigenvalue weighted by atomic mass is 32.2. The van der Waals surface area contributed by atoms with Crippen molar-refractivity contribution in [2.24, 2.45) is 11.8 Å². The molecular weight excluding hydrogens is 436 g/mol. The second kappa shape index (κ2) is 10.9. The van der Waals surface area contributed by atoms with E-state index in [1.165, 1.54) is 11.3 Å². The lowest BCUT2D eigenvalue weighted by atomic mass is 9.89. The van der Waals surface area contributed by atoms with Gasteiger partial charge in [-0.2, -0.15) is 0 Å². The lowest BCUT2D eigenvalue weighted by Gasteiger charge is -2.25. The highest BCUT2D eigenvalue weighted by Gasteiger charge is 2.35. The van der Waals surface area contributed by atoms with Crippen molar-refractivity contribution in [3.8, 4) is 0 Å². The van der Waals surface area contributed by atoms with Gasteiger partial charge in [0.15, 0.2) is 9.84 Å². The standard InChI is InChI=1S/C22H30N2O5S2/c1-5-29-21(26)19(12-18-13-30-15-24-18)20(25)11-17(10-16-6-8-23-9-7-16)14-31(27,28)22(2,3)4/h6-9,13,15,17,19H,5,10-12,14H2,1-4H3/t17-,19?/m0/s1. The fourth-order valence-electron chi connectivity index (χ4n) is 3.15. The number of carbonyl (C=O) groups excluding carboxylic acids is 2. The number of hydrogen-bond donors (Lipinski definition) is 0. The Hall–Kier alpha value is -2.13. The normalized spacial score (nSPS) is 14.1. The minimum atomic E-state index is -3.46. The quantitative estimate of drug-likeness (QED) is 0.370. The molecule has 7 nitrogen and oxygen atoms in total. The van der Waals surface area contributed by atoms with Gasteiger partial charge < -0.3 is 4.74 Å². The van der Waals surface area contributed by atoms with Crippen molar-refractivity contribution in [1.29, 1.82) is 0 Å². The highest BCUT2D eigenvalue weighted by molar-refractivity contribution is 7.92. The smallest absolute Gasteiger partial charge is 0.316 e. The predicted molar refractivity (Wildman–Crippen MR) is 121 cm³/mol. The number of ether oxygens (including phenoxy) is 1. The van der Waals surface area contributed by atoms with Crippen molar-refractivity contribution >= 4 is 32.9 Å². The molecular formula is C22H30N2O5S2. The fraction of sp³-hybridized carbons (Fsp3) is 0.545. The van der Waals surface area contributed by atoms with Crippen LogP contribution in [0.3, 0.4) is 0 Å². The van der Waals surface area contributed by atoms with Gasteiger partial charge in [-0.05, 0) is 57.7 Å².